The summed E-state index contributed by atoms with van der Waals surface area (Å²) in [6.07, 6.45) is 4.94. The first kappa shape index (κ1) is 15.2. The lowest BCUT2D eigenvalue weighted by Gasteiger charge is -2.28. The molecule has 1 atom stereocenters. The van der Waals surface area contributed by atoms with Crippen LogP contribution in [0.5, 0.6) is 0 Å². The molecular weight excluding hydrogens is 278 g/mol. The van der Waals surface area contributed by atoms with Crippen LogP contribution in [0.2, 0.25) is 0 Å². The molecule has 0 saturated heterocycles. The van der Waals surface area contributed by atoms with Crippen molar-refractivity contribution in [2.75, 3.05) is 26.0 Å². The SMILES string of the molecule is COCCN(C(C)C1CC1)S(=O)(=O)c1cnccc1N. The highest BCUT2D eigenvalue weighted by molar-refractivity contribution is 7.89. The molecule has 1 saturated carbocycles. The lowest BCUT2D eigenvalue weighted by atomic mass is 10.2. The van der Waals surface area contributed by atoms with Gasteiger partial charge >= 0.3 is 0 Å². The number of anilines is 1. The van der Waals surface area contributed by atoms with Gasteiger partial charge in [-0.2, -0.15) is 4.31 Å². The largest absolute Gasteiger partial charge is 0.398 e. The minimum absolute atomic E-state index is 0.0465. The van der Waals surface area contributed by atoms with E-state index in [1.165, 1.54) is 22.8 Å². The summed E-state index contributed by atoms with van der Waals surface area (Å²) in [6, 6.07) is 1.46. The van der Waals surface area contributed by atoms with Gasteiger partial charge in [-0.25, -0.2) is 8.42 Å². The maximum atomic E-state index is 12.8. The standard InChI is InChI=1S/C13H21N3O3S/c1-10(11-3-4-11)16(7-8-19-2)20(17,18)13-9-15-6-5-12(13)14/h5-6,9-11H,3-4,7-8H2,1-2H3,(H2,14,15). The summed E-state index contributed by atoms with van der Waals surface area (Å²) in [5, 5.41) is 0. The number of methoxy groups -OCH3 is 1. The van der Waals surface area contributed by atoms with Crippen LogP contribution in [0.3, 0.4) is 0 Å². The van der Waals surface area contributed by atoms with E-state index in [0.717, 1.165) is 12.8 Å². The molecule has 7 heteroatoms. The number of hydrogen-bond acceptors (Lipinski definition) is 5. The molecule has 1 aromatic rings. The molecule has 0 bridgehead atoms. The Balaban J connectivity index is 2.33. The number of ether oxygens (including phenoxy) is 1. The lowest BCUT2D eigenvalue weighted by Crippen LogP contribution is -2.42. The van der Waals surface area contributed by atoms with Crippen molar-refractivity contribution in [2.24, 2.45) is 5.92 Å². The summed E-state index contributed by atoms with van der Waals surface area (Å²) < 4.78 is 32.1. The Morgan fingerprint density at radius 2 is 2.25 bits per heavy atom. The number of nitrogens with zero attached hydrogens (tertiary/aromatic N) is 2. The molecule has 2 N–H and O–H groups in total. The van der Waals surface area contributed by atoms with E-state index in [2.05, 4.69) is 4.98 Å². The van der Waals surface area contributed by atoms with Gasteiger partial charge in [0.1, 0.15) is 4.90 Å². The maximum absolute atomic E-state index is 12.8. The zero-order valence-electron chi connectivity index (χ0n) is 11.8. The topological polar surface area (TPSA) is 85.5 Å². The number of rotatable bonds is 7. The fourth-order valence-corrected chi connectivity index (χ4v) is 4.01. The number of hydrogen-bond donors (Lipinski definition) is 1. The Hall–Kier alpha value is -1.18. The third-order valence-electron chi connectivity index (χ3n) is 3.68. The molecule has 1 fully saturated rings. The number of pyridine rings is 1. The van der Waals surface area contributed by atoms with Crippen molar-refractivity contribution in [3.63, 3.8) is 0 Å². The van der Waals surface area contributed by atoms with Gasteiger partial charge in [0.2, 0.25) is 10.0 Å². The second-order valence-electron chi connectivity index (χ2n) is 5.10. The van der Waals surface area contributed by atoms with Crippen LogP contribution in [0.25, 0.3) is 0 Å². The van der Waals surface area contributed by atoms with Crippen molar-refractivity contribution in [3.8, 4) is 0 Å². The van der Waals surface area contributed by atoms with Gasteiger partial charge in [-0.1, -0.05) is 0 Å². The van der Waals surface area contributed by atoms with E-state index >= 15 is 0 Å². The summed E-state index contributed by atoms with van der Waals surface area (Å²) in [7, 11) is -2.08. The van der Waals surface area contributed by atoms with Gasteiger partial charge in [0.05, 0.1) is 12.3 Å². The van der Waals surface area contributed by atoms with Gasteiger partial charge in [0.15, 0.2) is 0 Å². The zero-order valence-corrected chi connectivity index (χ0v) is 12.6. The lowest BCUT2D eigenvalue weighted by molar-refractivity contribution is 0.164. The molecule has 0 amide bonds. The predicted octanol–water partition coefficient (Wildman–Crippen LogP) is 1.10. The molecule has 0 spiro atoms. The molecular formula is C13H21N3O3S. The van der Waals surface area contributed by atoms with Crippen molar-refractivity contribution in [1.29, 1.82) is 0 Å². The third-order valence-corrected chi connectivity index (χ3v) is 5.71. The molecule has 1 aliphatic carbocycles. The summed E-state index contributed by atoms with van der Waals surface area (Å²) in [5.41, 5.74) is 6.02. The van der Waals surface area contributed by atoms with Crippen molar-refractivity contribution in [1.82, 2.24) is 9.29 Å². The normalized spacial score (nSPS) is 17.4. The van der Waals surface area contributed by atoms with E-state index < -0.39 is 10.0 Å². The number of nitrogen functional groups attached to an aromatic ring is 1. The Morgan fingerprint density at radius 3 is 2.80 bits per heavy atom. The summed E-state index contributed by atoms with van der Waals surface area (Å²) >= 11 is 0. The number of sulfonamides is 1. The molecule has 0 aliphatic heterocycles. The zero-order chi connectivity index (χ0) is 14.8. The highest BCUT2D eigenvalue weighted by Crippen LogP contribution is 2.37. The second kappa shape index (κ2) is 6.07. The van der Waals surface area contributed by atoms with Crippen molar-refractivity contribution < 1.29 is 13.2 Å². The smallest absolute Gasteiger partial charge is 0.246 e. The average Bonchev–Trinajstić information content (AvgIpc) is 3.23. The first-order chi connectivity index (χ1) is 9.48. The van der Waals surface area contributed by atoms with Crippen LogP contribution in [0, 0.1) is 5.92 Å². The maximum Gasteiger partial charge on any atom is 0.246 e. The summed E-state index contributed by atoms with van der Waals surface area (Å²) in [4.78, 5) is 3.95. The minimum Gasteiger partial charge on any atom is -0.398 e. The van der Waals surface area contributed by atoms with Gasteiger partial charge in [-0.15, -0.1) is 0 Å². The molecule has 2 rings (SSSR count). The molecule has 1 aromatic heterocycles. The first-order valence-electron chi connectivity index (χ1n) is 6.68. The Labute approximate surface area is 120 Å². The van der Waals surface area contributed by atoms with Crippen LogP contribution in [0.1, 0.15) is 19.8 Å². The Morgan fingerprint density at radius 1 is 1.55 bits per heavy atom. The highest BCUT2D eigenvalue weighted by Gasteiger charge is 2.38. The van der Waals surface area contributed by atoms with Crippen LogP contribution >= 0.6 is 0 Å². The monoisotopic (exact) mass is 299 g/mol. The van der Waals surface area contributed by atoms with E-state index in [1.54, 1.807) is 7.11 Å². The van der Waals surface area contributed by atoms with Gasteiger partial charge in [-0.05, 0) is 31.7 Å². The molecule has 1 unspecified atom stereocenters. The fourth-order valence-electron chi connectivity index (χ4n) is 2.27. The van der Waals surface area contributed by atoms with Crippen molar-refractivity contribution in [2.45, 2.75) is 30.7 Å². The molecule has 0 radical (unpaired) electrons. The number of aromatic nitrogens is 1. The summed E-state index contributed by atoms with van der Waals surface area (Å²) in [6.45, 7) is 2.62. The van der Waals surface area contributed by atoms with Crippen LogP contribution < -0.4 is 5.73 Å². The van der Waals surface area contributed by atoms with E-state index in [4.69, 9.17) is 10.5 Å². The molecule has 6 nitrogen and oxygen atoms in total. The molecule has 0 aromatic carbocycles. The van der Waals surface area contributed by atoms with Crippen LogP contribution in [-0.4, -0.2) is 44.0 Å². The van der Waals surface area contributed by atoms with Crippen LogP contribution in [0.4, 0.5) is 5.69 Å². The molecule has 20 heavy (non-hydrogen) atoms. The minimum atomic E-state index is -3.64. The fraction of sp³-hybridized carbons (Fsp3) is 0.615. The molecule has 1 heterocycles. The van der Waals surface area contributed by atoms with Gasteiger partial charge in [-0.3, -0.25) is 4.98 Å². The van der Waals surface area contributed by atoms with E-state index in [-0.39, 0.29) is 16.6 Å². The quantitative estimate of drug-likeness (QED) is 0.815. The van der Waals surface area contributed by atoms with Crippen molar-refractivity contribution in [3.05, 3.63) is 18.5 Å². The Bertz CT molecular complexity index is 558. The van der Waals surface area contributed by atoms with Crippen LogP contribution in [-0.2, 0) is 14.8 Å². The van der Waals surface area contributed by atoms with Gasteiger partial charge < -0.3 is 10.5 Å². The van der Waals surface area contributed by atoms with E-state index in [0.29, 0.717) is 19.1 Å². The van der Waals surface area contributed by atoms with Gasteiger partial charge in [0.25, 0.3) is 0 Å². The summed E-state index contributed by atoms with van der Waals surface area (Å²) in [5.74, 6) is 0.430. The first-order valence-corrected chi connectivity index (χ1v) is 8.12. The highest BCUT2D eigenvalue weighted by atomic mass is 32.2. The van der Waals surface area contributed by atoms with E-state index in [9.17, 15) is 8.42 Å². The van der Waals surface area contributed by atoms with Gasteiger partial charge in [0, 0.05) is 32.1 Å². The van der Waals surface area contributed by atoms with E-state index in [1.807, 2.05) is 6.92 Å². The van der Waals surface area contributed by atoms with Crippen molar-refractivity contribution >= 4 is 15.7 Å². The van der Waals surface area contributed by atoms with Crippen LogP contribution in [0.15, 0.2) is 23.4 Å². The third kappa shape index (κ3) is 3.11. The number of nitrogens with two attached hydrogens (primary N) is 1. The second-order valence-corrected chi connectivity index (χ2v) is 6.96. The average molecular weight is 299 g/mol. The molecule has 1 aliphatic rings. The predicted molar refractivity (Wildman–Crippen MR) is 76.6 cm³/mol. The molecule has 112 valence electrons. The Kier molecular flexibility index (Phi) is 4.62.